The lowest BCUT2D eigenvalue weighted by Crippen LogP contribution is -2.53. The summed E-state index contributed by atoms with van der Waals surface area (Å²) in [6.07, 6.45) is 1.42. The van der Waals surface area contributed by atoms with E-state index in [9.17, 15) is 14.4 Å². The standard InChI is InChI=1S/C19H21N3O4S2/c1-2-26-18(25)21-10-8-20(9-11-21)16(23)13-22-17(24)15(28-19(22)27)12-14-6-4-3-5-7-14/h3-7,12H,2,8-11,13H2,1H3/b15-12-. The first-order valence-electron chi connectivity index (χ1n) is 8.99. The number of thioether (sulfide) groups is 1. The Morgan fingerprint density at radius 3 is 2.43 bits per heavy atom. The van der Waals surface area contributed by atoms with Crippen molar-refractivity contribution >= 4 is 52.3 Å². The van der Waals surface area contributed by atoms with E-state index >= 15 is 0 Å². The van der Waals surface area contributed by atoms with E-state index in [0.717, 1.165) is 5.56 Å². The van der Waals surface area contributed by atoms with E-state index in [4.69, 9.17) is 17.0 Å². The van der Waals surface area contributed by atoms with Crippen molar-refractivity contribution in [2.45, 2.75) is 6.92 Å². The van der Waals surface area contributed by atoms with Crippen LogP contribution < -0.4 is 0 Å². The third kappa shape index (κ3) is 4.71. The lowest BCUT2D eigenvalue weighted by Gasteiger charge is -2.34. The molecule has 3 rings (SSSR count). The van der Waals surface area contributed by atoms with E-state index in [1.54, 1.807) is 22.8 Å². The molecule has 2 saturated heterocycles. The summed E-state index contributed by atoms with van der Waals surface area (Å²) >= 11 is 6.50. The zero-order valence-corrected chi connectivity index (χ0v) is 17.1. The normalized spacial score (nSPS) is 18.8. The Morgan fingerprint density at radius 2 is 1.79 bits per heavy atom. The molecule has 0 unspecified atom stereocenters. The third-order valence-corrected chi connectivity index (χ3v) is 5.80. The zero-order valence-electron chi connectivity index (χ0n) is 15.5. The van der Waals surface area contributed by atoms with Crippen molar-refractivity contribution < 1.29 is 19.1 Å². The van der Waals surface area contributed by atoms with Crippen molar-refractivity contribution in [2.24, 2.45) is 0 Å². The average molecular weight is 420 g/mol. The Labute approximate surface area is 173 Å². The van der Waals surface area contributed by atoms with Crippen LogP contribution in [-0.2, 0) is 14.3 Å². The number of ether oxygens (including phenoxy) is 1. The first-order chi connectivity index (χ1) is 13.5. The predicted molar refractivity (Wildman–Crippen MR) is 111 cm³/mol. The van der Waals surface area contributed by atoms with Gasteiger partial charge in [-0.1, -0.05) is 54.3 Å². The molecular formula is C19H21N3O4S2. The number of thiocarbonyl (C=S) groups is 1. The summed E-state index contributed by atoms with van der Waals surface area (Å²) in [5.74, 6) is -0.432. The average Bonchev–Trinajstić information content (AvgIpc) is 2.96. The van der Waals surface area contributed by atoms with Crippen molar-refractivity contribution in [3.63, 3.8) is 0 Å². The second kappa shape index (κ2) is 9.20. The topological polar surface area (TPSA) is 70.2 Å². The number of piperazine rings is 1. The molecule has 0 aliphatic carbocycles. The van der Waals surface area contributed by atoms with Gasteiger partial charge in [-0.15, -0.1) is 0 Å². The summed E-state index contributed by atoms with van der Waals surface area (Å²) in [4.78, 5) is 42.1. The van der Waals surface area contributed by atoms with Gasteiger partial charge in [0, 0.05) is 26.2 Å². The molecule has 9 heteroatoms. The lowest BCUT2D eigenvalue weighted by molar-refractivity contribution is -0.136. The van der Waals surface area contributed by atoms with Gasteiger partial charge in [0.2, 0.25) is 5.91 Å². The van der Waals surface area contributed by atoms with Gasteiger partial charge in [-0.2, -0.15) is 0 Å². The van der Waals surface area contributed by atoms with Gasteiger partial charge in [-0.05, 0) is 18.6 Å². The highest BCUT2D eigenvalue weighted by molar-refractivity contribution is 8.26. The summed E-state index contributed by atoms with van der Waals surface area (Å²) in [5, 5.41) is 0. The molecule has 2 aliphatic heterocycles. The molecule has 7 nitrogen and oxygen atoms in total. The van der Waals surface area contributed by atoms with E-state index in [0.29, 0.717) is 42.0 Å². The van der Waals surface area contributed by atoms with E-state index in [1.165, 1.54) is 16.7 Å². The lowest BCUT2D eigenvalue weighted by atomic mass is 10.2. The molecule has 0 spiro atoms. The van der Waals surface area contributed by atoms with Crippen LogP contribution in [0.25, 0.3) is 6.08 Å². The van der Waals surface area contributed by atoms with E-state index in [2.05, 4.69) is 0 Å². The minimum atomic E-state index is -0.363. The van der Waals surface area contributed by atoms with Crippen LogP contribution in [0, 0.1) is 0 Å². The minimum Gasteiger partial charge on any atom is -0.450 e. The van der Waals surface area contributed by atoms with Crippen molar-refractivity contribution in [3.05, 3.63) is 40.8 Å². The van der Waals surface area contributed by atoms with Gasteiger partial charge < -0.3 is 14.5 Å². The van der Waals surface area contributed by atoms with Crippen LogP contribution in [0.4, 0.5) is 4.79 Å². The van der Waals surface area contributed by atoms with Gasteiger partial charge in [0.15, 0.2) is 0 Å². The quantitative estimate of drug-likeness (QED) is 0.550. The molecule has 0 aromatic heterocycles. The van der Waals surface area contributed by atoms with Gasteiger partial charge in [0.1, 0.15) is 10.9 Å². The van der Waals surface area contributed by atoms with Crippen LogP contribution >= 0.6 is 24.0 Å². The third-order valence-electron chi connectivity index (χ3n) is 4.42. The number of hydrogen-bond donors (Lipinski definition) is 0. The molecule has 28 heavy (non-hydrogen) atoms. The molecule has 2 fully saturated rings. The Kier molecular flexibility index (Phi) is 6.69. The van der Waals surface area contributed by atoms with Crippen LogP contribution in [0.5, 0.6) is 0 Å². The summed E-state index contributed by atoms with van der Waals surface area (Å²) in [5.41, 5.74) is 0.907. The molecule has 2 heterocycles. The van der Waals surface area contributed by atoms with Crippen molar-refractivity contribution in [1.29, 1.82) is 0 Å². The Morgan fingerprint density at radius 1 is 1.14 bits per heavy atom. The predicted octanol–water partition coefficient (Wildman–Crippen LogP) is 2.19. The molecule has 0 bridgehead atoms. The minimum absolute atomic E-state index is 0.0871. The molecule has 3 amide bonds. The molecule has 0 radical (unpaired) electrons. The second-order valence-corrected chi connectivity index (χ2v) is 7.92. The first kappa shape index (κ1) is 20.3. The number of carbonyl (C=O) groups is 3. The van der Waals surface area contributed by atoms with Gasteiger partial charge in [0.25, 0.3) is 5.91 Å². The number of nitrogens with zero attached hydrogens (tertiary/aromatic N) is 3. The van der Waals surface area contributed by atoms with E-state index in [-0.39, 0.29) is 24.5 Å². The molecule has 148 valence electrons. The van der Waals surface area contributed by atoms with Crippen LogP contribution in [-0.4, -0.2) is 76.3 Å². The fourth-order valence-corrected chi connectivity index (χ4v) is 4.18. The zero-order chi connectivity index (χ0) is 20.1. The van der Waals surface area contributed by atoms with Crippen LogP contribution in [0.2, 0.25) is 0 Å². The molecular weight excluding hydrogens is 398 g/mol. The summed E-state index contributed by atoms with van der Waals surface area (Å²) in [6.45, 7) is 3.64. The smallest absolute Gasteiger partial charge is 0.409 e. The fourth-order valence-electron chi connectivity index (χ4n) is 2.93. The van der Waals surface area contributed by atoms with Gasteiger partial charge in [-0.25, -0.2) is 4.79 Å². The first-order valence-corrected chi connectivity index (χ1v) is 10.2. The van der Waals surface area contributed by atoms with Crippen molar-refractivity contribution in [2.75, 3.05) is 39.3 Å². The van der Waals surface area contributed by atoms with Crippen LogP contribution in [0.1, 0.15) is 12.5 Å². The second-order valence-electron chi connectivity index (χ2n) is 6.25. The van der Waals surface area contributed by atoms with E-state index in [1.807, 2.05) is 30.3 Å². The van der Waals surface area contributed by atoms with Crippen molar-refractivity contribution in [3.8, 4) is 0 Å². The maximum Gasteiger partial charge on any atom is 0.409 e. The molecule has 0 atom stereocenters. The number of hydrogen-bond acceptors (Lipinski definition) is 6. The SMILES string of the molecule is CCOC(=O)N1CCN(C(=O)CN2C(=O)/C(=C/c3ccccc3)SC2=S)CC1. The fraction of sp³-hybridized carbons (Fsp3) is 0.368. The Hall–Kier alpha value is -2.39. The monoisotopic (exact) mass is 419 g/mol. The molecule has 0 N–H and O–H groups in total. The number of benzene rings is 1. The highest BCUT2D eigenvalue weighted by Crippen LogP contribution is 2.32. The largest absolute Gasteiger partial charge is 0.450 e. The molecule has 1 aromatic carbocycles. The molecule has 2 aliphatic rings. The van der Waals surface area contributed by atoms with Crippen LogP contribution in [0.3, 0.4) is 0 Å². The van der Waals surface area contributed by atoms with Gasteiger partial charge in [-0.3, -0.25) is 14.5 Å². The van der Waals surface area contributed by atoms with Gasteiger partial charge >= 0.3 is 6.09 Å². The summed E-state index contributed by atoms with van der Waals surface area (Å²) in [6, 6.07) is 9.50. The Bertz CT molecular complexity index is 805. The highest BCUT2D eigenvalue weighted by Gasteiger charge is 2.35. The molecule has 1 aromatic rings. The molecule has 0 saturated carbocycles. The summed E-state index contributed by atoms with van der Waals surface area (Å²) in [7, 11) is 0. The maximum atomic E-state index is 12.7. The van der Waals surface area contributed by atoms with Crippen LogP contribution in [0.15, 0.2) is 35.2 Å². The maximum absolute atomic E-state index is 12.7. The van der Waals surface area contributed by atoms with E-state index < -0.39 is 0 Å². The number of carbonyl (C=O) groups excluding carboxylic acids is 3. The summed E-state index contributed by atoms with van der Waals surface area (Å²) < 4.78 is 5.36. The van der Waals surface area contributed by atoms with Gasteiger partial charge in [0.05, 0.1) is 11.5 Å². The van der Waals surface area contributed by atoms with Crippen molar-refractivity contribution in [1.82, 2.24) is 14.7 Å². The number of rotatable bonds is 4. The number of amides is 3. The highest BCUT2D eigenvalue weighted by atomic mass is 32.2. The Balaban J connectivity index is 1.57.